The fourth-order valence-electron chi connectivity index (χ4n) is 3.12. The number of nitrogens with one attached hydrogen (secondary N) is 1. The summed E-state index contributed by atoms with van der Waals surface area (Å²) in [5.74, 6) is 0.290. The molecule has 0 bridgehead atoms. The van der Waals surface area contributed by atoms with E-state index < -0.39 is 0 Å². The third-order valence-electron chi connectivity index (χ3n) is 4.33. The van der Waals surface area contributed by atoms with Gasteiger partial charge < -0.3 is 14.3 Å². The number of carbonyl (C=O) groups is 1. The number of nitrogens with zero attached hydrogens (tertiary/aromatic N) is 2. The van der Waals surface area contributed by atoms with Crippen LogP contribution in [0.15, 0.2) is 15.5 Å². The topological polar surface area (TPSA) is 79.2 Å². The molecule has 2 heterocycles. The number of amides is 1. The van der Waals surface area contributed by atoms with Crippen LogP contribution in [-0.2, 0) is 0 Å². The van der Waals surface area contributed by atoms with Crippen LogP contribution in [0.4, 0.5) is 0 Å². The van der Waals surface area contributed by atoms with Gasteiger partial charge in [0.25, 0.3) is 11.5 Å². The molecule has 2 aromatic heterocycles. The summed E-state index contributed by atoms with van der Waals surface area (Å²) >= 11 is 0. The van der Waals surface area contributed by atoms with Crippen molar-refractivity contribution >= 4 is 17.0 Å². The number of furan rings is 1. The highest BCUT2D eigenvalue weighted by Gasteiger charge is 2.28. The second-order valence-corrected chi connectivity index (χ2v) is 5.65. The number of aryl methyl sites for hydroxylation is 1. The van der Waals surface area contributed by atoms with Crippen molar-refractivity contribution in [2.45, 2.75) is 45.1 Å². The molecule has 0 radical (unpaired) electrons. The average molecular weight is 289 g/mol. The van der Waals surface area contributed by atoms with E-state index in [0.717, 1.165) is 25.7 Å². The smallest absolute Gasteiger partial charge is 0.262 e. The third kappa shape index (κ3) is 2.34. The van der Waals surface area contributed by atoms with Crippen molar-refractivity contribution in [1.82, 2.24) is 14.9 Å². The molecule has 1 saturated carbocycles. The normalized spacial score (nSPS) is 16.3. The molecule has 1 amide bonds. The predicted octanol–water partition coefficient (Wildman–Crippen LogP) is 2.23. The van der Waals surface area contributed by atoms with Crippen LogP contribution in [0, 0.1) is 6.92 Å². The second kappa shape index (κ2) is 5.35. The number of H-pyrrole nitrogens is 1. The summed E-state index contributed by atoms with van der Waals surface area (Å²) in [5, 5.41) is 0.252. The van der Waals surface area contributed by atoms with Crippen LogP contribution in [-0.4, -0.2) is 33.9 Å². The lowest BCUT2D eigenvalue weighted by molar-refractivity contribution is 0.0696. The van der Waals surface area contributed by atoms with Gasteiger partial charge in [0, 0.05) is 13.1 Å². The number of hydrogen-bond donors (Lipinski definition) is 1. The van der Waals surface area contributed by atoms with Crippen molar-refractivity contribution in [2.75, 3.05) is 7.05 Å². The Morgan fingerprint density at radius 2 is 2.10 bits per heavy atom. The molecule has 0 aliphatic heterocycles. The second-order valence-electron chi connectivity index (χ2n) is 5.65. The number of rotatable bonds is 2. The van der Waals surface area contributed by atoms with Crippen molar-refractivity contribution < 1.29 is 9.21 Å². The number of aromatic amines is 1. The zero-order chi connectivity index (χ0) is 15.0. The van der Waals surface area contributed by atoms with Crippen LogP contribution in [0.1, 0.15) is 48.2 Å². The molecule has 2 aromatic rings. The first-order chi connectivity index (χ1) is 10.1. The third-order valence-corrected chi connectivity index (χ3v) is 4.33. The summed E-state index contributed by atoms with van der Waals surface area (Å²) in [5.41, 5.74) is 0.223. The van der Waals surface area contributed by atoms with Gasteiger partial charge in [0.05, 0.1) is 11.9 Å². The highest BCUT2D eigenvalue weighted by molar-refractivity contribution is 6.06. The van der Waals surface area contributed by atoms with E-state index >= 15 is 0 Å². The van der Waals surface area contributed by atoms with Gasteiger partial charge in [0.2, 0.25) is 5.71 Å². The highest BCUT2D eigenvalue weighted by atomic mass is 16.3. The quantitative estimate of drug-likeness (QED) is 0.919. The van der Waals surface area contributed by atoms with Gasteiger partial charge in [-0.15, -0.1) is 0 Å². The Kier molecular flexibility index (Phi) is 3.53. The molecule has 6 nitrogen and oxygen atoms in total. The van der Waals surface area contributed by atoms with Crippen LogP contribution in [0.25, 0.3) is 11.1 Å². The number of fused-ring (bicyclic) bond motifs is 1. The molecule has 1 aliphatic rings. The van der Waals surface area contributed by atoms with Crippen molar-refractivity contribution in [3.05, 3.63) is 28.0 Å². The number of hydrogen-bond acceptors (Lipinski definition) is 4. The van der Waals surface area contributed by atoms with Crippen LogP contribution in [0.2, 0.25) is 0 Å². The first-order valence-corrected chi connectivity index (χ1v) is 7.33. The van der Waals surface area contributed by atoms with E-state index in [4.69, 9.17) is 4.42 Å². The summed E-state index contributed by atoms with van der Waals surface area (Å²) in [6.07, 6.45) is 6.85. The Bertz CT molecular complexity index is 725. The molecule has 0 unspecified atom stereocenters. The van der Waals surface area contributed by atoms with Crippen LogP contribution in [0.5, 0.6) is 0 Å². The van der Waals surface area contributed by atoms with Gasteiger partial charge in [0.15, 0.2) is 0 Å². The van der Waals surface area contributed by atoms with Crippen LogP contribution < -0.4 is 5.56 Å². The van der Waals surface area contributed by atoms with Gasteiger partial charge in [-0.25, -0.2) is 4.98 Å². The summed E-state index contributed by atoms with van der Waals surface area (Å²) in [6.45, 7) is 1.70. The largest absolute Gasteiger partial charge is 0.442 e. The summed E-state index contributed by atoms with van der Waals surface area (Å²) < 4.78 is 5.46. The molecule has 0 spiro atoms. The lowest BCUT2D eigenvalue weighted by Gasteiger charge is -2.31. The zero-order valence-electron chi connectivity index (χ0n) is 12.3. The van der Waals surface area contributed by atoms with Crippen molar-refractivity contribution in [3.63, 3.8) is 0 Å². The minimum atomic E-state index is -0.336. The van der Waals surface area contributed by atoms with Gasteiger partial charge in [-0.1, -0.05) is 19.3 Å². The van der Waals surface area contributed by atoms with E-state index in [2.05, 4.69) is 9.97 Å². The Morgan fingerprint density at radius 3 is 2.81 bits per heavy atom. The fourth-order valence-corrected chi connectivity index (χ4v) is 3.12. The molecule has 1 fully saturated rings. The average Bonchev–Trinajstić information content (AvgIpc) is 2.84. The molecule has 1 aliphatic carbocycles. The number of aromatic nitrogens is 2. The molecular weight excluding hydrogens is 270 g/mol. The summed E-state index contributed by atoms with van der Waals surface area (Å²) in [6, 6.07) is 0.242. The maximum Gasteiger partial charge on any atom is 0.262 e. The summed E-state index contributed by atoms with van der Waals surface area (Å²) in [7, 11) is 1.81. The van der Waals surface area contributed by atoms with E-state index in [1.54, 1.807) is 18.9 Å². The molecule has 3 rings (SSSR count). The SMILES string of the molecule is Cc1oc2nc[nH]c(=O)c2c1C(=O)N(C)C1CCCCC1. The lowest BCUT2D eigenvalue weighted by Crippen LogP contribution is -2.38. The Morgan fingerprint density at radius 1 is 1.38 bits per heavy atom. The summed E-state index contributed by atoms with van der Waals surface area (Å²) in [4.78, 5) is 33.0. The first kappa shape index (κ1) is 13.9. The Labute approximate surface area is 122 Å². The molecular formula is C15H19N3O3. The van der Waals surface area contributed by atoms with E-state index in [0.29, 0.717) is 11.3 Å². The highest BCUT2D eigenvalue weighted by Crippen LogP contribution is 2.26. The molecule has 0 atom stereocenters. The van der Waals surface area contributed by atoms with Gasteiger partial charge in [-0.2, -0.15) is 0 Å². The standard InChI is InChI=1S/C15H19N3O3/c1-9-11(12-13(19)16-8-17-14(12)21-9)15(20)18(2)10-6-4-3-5-7-10/h8,10H,3-7H2,1-2H3,(H,16,17,19). The Hall–Kier alpha value is -2.11. The van der Waals surface area contributed by atoms with E-state index in [9.17, 15) is 9.59 Å². The lowest BCUT2D eigenvalue weighted by atomic mass is 9.94. The van der Waals surface area contributed by atoms with E-state index in [1.807, 2.05) is 0 Å². The van der Waals surface area contributed by atoms with Gasteiger partial charge in [-0.05, 0) is 19.8 Å². The molecule has 0 aromatic carbocycles. The monoisotopic (exact) mass is 289 g/mol. The molecule has 1 N–H and O–H groups in total. The fraction of sp³-hybridized carbons (Fsp3) is 0.533. The van der Waals surface area contributed by atoms with E-state index in [1.165, 1.54) is 12.7 Å². The maximum absolute atomic E-state index is 12.8. The zero-order valence-corrected chi connectivity index (χ0v) is 12.3. The minimum Gasteiger partial charge on any atom is -0.442 e. The predicted molar refractivity (Wildman–Crippen MR) is 78.3 cm³/mol. The van der Waals surface area contributed by atoms with Crippen molar-refractivity contribution in [2.24, 2.45) is 0 Å². The van der Waals surface area contributed by atoms with Crippen LogP contribution in [0.3, 0.4) is 0 Å². The number of carbonyl (C=O) groups excluding carboxylic acids is 1. The molecule has 0 saturated heterocycles. The van der Waals surface area contributed by atoms with Crippen LogP contribution >= 0.6 is 0 Å². The molecule has 21 heavy (non-hydrogen) atoms. The Balaban J connectivity index is 2.01. The van der Waals surface area contributed by atoms with Gasteiger partial charge in [0.1, 0.15) is 11.1 Å². The minimum absolute atomic E-state index is 0.156. The van der Waals surface area contributed by atoms with Gasteiger partial charge in [-0.3, -0.25) is 9.59 Å². The maximum atomic E-state index is 12.8. The van der Waals surface area contributed by atoms with Crippen molar-refractivity contribution in [3.8, 4) is 0 Å². The van der Waals surface area contributed by atoms with Gasteiger partial charge >= 0.3 is 0 Å². The van der Waals surface area contributed by atoms with E-state index in [-0.39, 0.29) is 28.6 Å². The first-order valence-electron chi connectivity index (χ1n) is 7.33. The molecule has 112 valence electrons. The molecule has 6 heteroatoms. The van der Waals surface area contributed by atoms with Crippen molar-refractivity contribution in [1.29, 1.82) is 0 Å².